The average Bonchev–Trinajstić information content (AvgIpc) is 2.37. The van der Waals surface area contributed by atoms with Crippen molar-refractivity contribution in [1.82, 2.24) is 0 Å². The minimum Gasteiger partial charge on any atom is -0.452 e. The molecule has 2 rings (SSSR count). The van der Waals surface area contributed by atoms with Crippen molar-refractivity contribution < 1.29 is 14.3 Å². The molecule has 1 N–H and O–H groups in total. The van der Waals surface area contributed by atoms with Gasteiger partial charge in [0.25, 0.3) is 0 Å². The lowest BCUT2D eigenvalue weighted by Gasteiger charge is -2.28. The summed E-state index contributed by atoms with van der Waals surface area (Å²) >= 11 is 0. The van der Waals surface area contributed by atoms with Gasteiger partial charge in [-0.3, -0.25) is 9.69 Å². The van der Waals surface area contributed by atoms with Crippen molar-refractivity contribution in [3.63, 3.8) is 0 Å². The molecule has 1 aliphatic rings. The molecule has 0 bridgehead atoms. The Balaban J connectivity index is 2.32. The number of anilines is 2. The summed E-state index contributed by atoms with van der Waals surface area (Å²) in [5.41, 5.74) is 2.65. The van der Waals surface area contributed by atoms with Gasteiger partial charge in [0.1, 0.15) is 0 Å². The monoisotopic (exact) mass is 234 g/mol. The van der Waals surface area contributed by atoms with Crippen LogP contribution in [-0.2, 0) is 16.0 Å². The van der Waals surface area contributed by atoms with E-state index in [1.807, 2.05) is 12.1 Å². The summed E-state index contributed by atoms with van der Waals surface area (Å²) in [5, 5.41) is 2.60. The largest absolute Gasteiger partial charge is 0.452 e. The van der Waals surface area contributed by atoms with Crippen molar-refractivity contribution >= 4 is 23.9 Å². The Morgan fingerprint density at radius 3 is 3.06 bits per heavy atom. The van der Waals surface area contributed by atoms with Gasteiger partial charge in [-0.25, -0.2) is 4.79 Å². The lowest BCUT2D eigenvalue weighted by molar-refractivity contribution is -0.105. The topological polar surface area (TPSA) is 58.6 Å². The molecule has 5 heteroatoms. The van der Waals surface area contributed by atoms with Crippen molar-refractivity contribution in [3.8, 4) is 0 Å². The molecule has 0 spiro atoms. The minimum absolute atomic E-state index is 0.345. The molecule has 1 aromatic carbocycles. The number of hydrogen-bond donors (Lipinski definition) is 1. The third kappa shape index (κ3) is 2.22. The summed E-state index contributed by atoms with van der Waals surface area (Å²) < 4.78 is 4.74. The summed E-state index contributed by atoms with van der Waals surface area (Å²) in [5.74, 6) is 0. The third-order valence-corrected chi connectivity index (χ3v) is 2.82. The molecule has 0 unspecified atom stereocenters. The van der Waals surface area contributed by atoms with Crippen LogP contribution in [-0.4, -0.2) is 26.2 Å². The van der Waals surface area contributed by atoms with Gasteiger partial charge in [-0.1, -0.05) is 0 Å². The Labute approximate surface area is 99.4 Å². The fourth-order valence-corrected chi connectivity index (χ4v) is 2.05. The number of carbonyl (C=O) groups is 2. The maximum absolute atomic E-state index is 11.6. The van der Waals surface area contributed by atoms with Gasteiger partial charge in [0.05, 0.1) is 12.8 Å². The number of amides is 2. The summed E-state index contributed by atoms with van der Waals surface area (Å²) in [6, 6.07) is 5.49. The minimum atomic E-state index is -0.345. The highest BCUT2D eigenvalue weighted by Crippen LogP contribution is 2.29. The smallest absolute Gasteiger partial charge is 0.414 e. The van der Waals surface area contributed by atoms with Crippen LogP contribution < -0.4 is 10.2 Å². The van der Waals surface area contributed by atoms with Crippen LogP contribution >= 0.6 is 0 Å². The van der Waals surface area contributed by atoms with Gasteiger partial charge in [0, 0.05) is 12.2 Å². The molecule has 0 aliphatic carbocycles. The molecule has 0 saturated carbocycles. The molecular formula is C12H14N2O3. The molecule has 0 saturated heterocycles. The Bertz CT molecular complexity index is 445. The first-order valence-electron chi connectivity index (χ1n) is 5.45. The average molecular weight is 234 g/mol. The van der Waals surface area contributed by atoms with Gasteiger partial charge >= 0.3 is 6.09 Å². The maximum Gasteiger partial charge on any atom is 0.414 e. The predicted octanol–water partition coefficient (Wildman–Crippen LogP) is 1.77. The normalized spacial score (nSPS) is 13.8. The predicted molar refractivity (Wildman–Crippen MR) is 64.2 cm³/mol. The number of rotatable bonds is 2. The van der Waals surface area contributed by atoms with E-state index < -0.39 is 0 Å². The van der Waals surface area contributed by atoms with E-state index in [0.717, 1.165) is 29.8 Å². The fourth-order valence-electron chi connectivity index (χ4n) is 2.05. The zero-order valence-corrected chi connectivity index (χ0v) is 9.60. The first kappa shape index (κ1) is 11.4. The van der Waals surface area contributed by atoms with Crippen LogP contribution in [0.15, 0.2) is 18.2 Å². The van der Waals surface area contributed by atoms with E-state index in [9.17, 15) is 9.59 Å². The van der Waals surface area contributed by atoms with E-state index in [2.05, 4.69) is 5.32 Å². The van der Waals surface area contributed by atoms with Crippen molar-refractivity contribution in [2.75, 3.05) is 23.9 Å². The molecule has 90 valence electrons. The van der Waals surface area contributed by atoms with E-state index in [0.29, 0.717) is 13.0 Å². The van der Waals surface area contributed by atoms with Crippen LogP contribution in [0.4, 0.5) is 16.2 Å². The molecule has 0 atom stereocenters. The van der Waals surface area contributed by atoms with Crippen molar-refractivity contribution in [1.29, 1.82) is 0 Å². The van der Waals surface area contributed by atoms with E-state index in [1.165, 1.54) is 7.11 Å². The Kier molecular flexibility index (Phi) is 3.27. The Hall–Kier alpha value is -2.04. The quantitative estimate of drug-likeness (QED) is 0.793. The van der Waals surface area contributed by atoms with Gasteiger partial charge < -0.3 is 10.1 Å². The number of ether oxygens (including phenoxy) is 1. The molecule has 0 fully saturated rings. The summed E-state index contributed by atoms with van der Waals surface area (Å²) in [7, 11) is 1.37. The first-order chi connectivity index (χ1) is 8.26. The van der Waals surface area contributed by atoms with Crippen LogP contribution in [0.5, 0.6) is 0 Å². The number of carbonyl (C=O) groups excluding carboxylic acids is 2. The fraction of sp³-hybridized carbons (Fsp3) is 0.333. The zero-order chi connectivity index (χ0) is 12.3. The molecule has 1 aromatic rings. The summed E-state index contributed by atoms with van der Waals surface area (Å²) in [6.45, 7) is 0.667. The summed E-state index contributed by atoms with van der Waals surface area (Å²) in [4.78, 5) is 23.6. The van der Waals surface area contributed by atoms with Crippen molar-refractivity contribution in [3.05, 3.63) is 23.8 Å². The van der Waals surface area contributed by atoms with E-state index in [-0.39, 0.29) is 6.09 Å². The van der Waals surface area contributed by atoms with Crippen LogP contribution in [0.25, 0.3) is 0 Å². The maximum atomic E-state index is 11.6. The number of hydrogen-bond acceptors (Lipinski definition) is 3. The molecule has 2 amide bonds. The van der Waals surface area contributed by atoms with E-state index >= 15 is 0 Å². The van der Waals surface area contributed by atoms with Gasteiger partial charge in [0.15, 0.2) is 0 Å². The summed E-state index contributed by atoms with van der Waals surface area (Å²) in [6.07, 6.45) is 2.09. The van der Waals surface area contributed by atoms with E-state index in [1.54, 1.807) is 11.0 Å². The van der Waals surface area contributed by atoms with Crippen LogP contribution in [0.3, 0.4) is 0 Å². The lowest BCUT2D eigenvalue weighted by atomic mass is 10.0. The number of aryl methyl sites for hydroxylation is 1. The van der Waals surface area contributed by atoms with Gasteiger partial charge in [-0.15, -0.1) is 0 Å². The molecule has 17 heavy (non-hydrogen) atoms. The van der Waals surface area contributed by atoms with Crippen LogP contribution in [0.1, 0.15) is 12.0 Å². The second-order valence-electron chi connectivity index (χ2n) is 3.83. The molecule has 1 heterocycles. The lowest BCUT2D eigenvalue weighted by Crippen LogP contribution is -2.35. The first-order valence-corrected chi connectivity index (χ1v) is 5.45. The van der Waals surface area contributed by atoms with Crippen molar-refractivity contribution in [2.24, 2.45) is 0 Å². The standard InChI is InChI=1S/C12H14N2O3/c1-17-12(16)14-6-2-3-9-7-10(13-8-15)4-5-11(9)14/h4-5,7-8H,2-3,6H2,1H3,(H,13,15). The highest BCUT2D eigenvalue weighted by atomic mass is 16.5. The second-order valence-corrected chi connectivity index (χ2v) is 3.83. The zero-order valence-electron chi connectivity index (χ0n) is 9.60. The Morgan fingerprint density at radius 1 is 1.53 bits per heavy atom. The van der Waals surface area contributed by atoms with Gasteiger partial charge in [0.2, 0.25) is 6.41 Å². The number of nitrogens with zero attached hydrogens (tertiary/aromatic N) is 1. The number of fused-ring (bicyclic) bond motifs is 1. The second kappa shape index (κ2) is 4.86. The number of benzene rings is 1. The van der Waals surface area contributed by atoms with Crippen LogP contribution in [0.2, 0.25) is 0 Å². The van der Waals surface area contributed by atoms with Gasteiger partial charge in [-0.2, -0.15) is 0 Å². The molecule has 5 nitrogen and oxygen atoms in total. The molecule has 0 radical (unpaired) electrons. The molecular weight excluding hydrogens is 220 g/mol. The number of nitrogens with one attached hydrogen (secondary N) is 1. The van der Waals surface area contributed by atoms with Gasteiger partial charge in [-0.05, 0) is 36.6 Å². The third-order valence-electron chi connectivity index (χ3n) is 2.82. The SMILES string of the molecule is COC(=O)N1CCCc2cc(NC=O)ccc21. The number of methoxy groups -OCH3 is 1. The highest BCUT2D eigenvalue weighted by molar-refractivity contribution is 5.90. The van der Waals surface area contributed by atoms with Crippen molar-refractivity contribution in [2.45, 2.75) is 12.8 Å². The molecule has 0 aromatic heterocycles. The Morgan fingerprint density at radius 2 is 2.35 bits per heavy atom. The highest BCUT2D eigenvalue weighted by Gasteiger charge is 2.22. The van der Waals surface area contributed by atoms with E-state index in [4.69, 9.17) is 4.74 Å². The molecule has 1 aliphatic heterocycles. The van der Waals surface area contributed by atoms with Crippen LogP contribution in [0, 0.1) is 0 Å².